The molecular formula is C28H20FNO3. The van der Waals surface area contributed by atoms with Crippen LogP contribution in [0.5, 0.6) is 0 Å². The number of anilines is 1. The SMILES string of the molecule is Cc1ccccc1C1/C(=C(\O)c2cccc3ccccc23)C(=O)C(=O)N1c1ccc(F)cc1. The van der Waals surface area contributed by atoms with E-state index in [-0.39, 0.29) is 11.3 Å². The second-order valence-corrected chi connectivity index (χ2v) is 8.03. The zero-order valence-corrected chi connectivity index (χ0v) is 17.8. The fourth-order valence-corrected chi connectivity index (χ4v) is 4.47. The zero-order valence-electron chi connectivity index (χ0n) is 17.8. The summed E-state index contributed by atoms with van der Waals surface area (Å²) in [6, 6.07) is 25.0. The fraction of sp³-hybridized carbons (Fsp3) is 0.0714. The molecule has 1 N–H and O–H groups in total. The summed E-state index contributed by atoms with van der Waals surface area (Å²) < 4.78 is 13.6. The third-order valence-electron chi connectivity index (χ3n) is 6.08. The maximum Gasteiger partial charge on any atom is 0.300 e. The lowest BCUT2D eigenvalue weighted by atomic mass is 9.91. The van der Waals surface area contributed by atoms with Gasteiger partial charge in [0.05, 0.1) is 11.6 Å². The van der Waals surface area contributed by atoms with Crippen LogP contribution >= 0.6 is 0 Å². The van der Waals surface area contributed by atoms with Gasteiger partial charge in [-0.3, -0.25) is 14.5 Å². The van der Waals surface area contributed by atoms with E-state index in [9.17, 15) is 19.1 Å². The predicted octanol–water partition coefficient (Wildman–Crippen LogP) is 5.91. The number of carbonyl (C=O) groups is 2. The standard InChI is InChI=1S/C28H20FNO3/c1-17-7-2-4-10-21(17)25-24(26(31)23-12-6-9-18-8-3-5-11-22(18)23)27(32)28(33)30(25)20-15-13-19(29)14-16-20/h2-16,25,31H,1H3/b26-24+. The van der Waals surface area contributed by atoms with Crippen molar-refractivity contribution in [1.82, 2.24) is 0 Å². The second kappa shape index (κ2) is 8.02. The Bertz CT molecular complexity index is 1430. The molecule has 0 aliphatic carbocycles. The number of aryl methyl sites for hydroxylation is 1. The molecule has 4 nitrogen and oxygen atoms in total. The van der Waals surface area contributed by atoms with E-state index >= 15 is 0 Å². The van der Waals surface area contributed by atoms with Gasteiger partial charge in [0.15, 0.2) is 0 Å². The third-order valence-corrected chi connectivity index (χ3v) is 6.08. The first-order chi connectivity index (χ1) is 16.0. The summed E-state index contributed by atoms with van der Waals surface area (Å²) in [6.07, 6.45) is 0. The molecule has 162 valence electrons. The smallest absolute Gasteiger partial charge is 0.300 e. The van der Waals surface area contributed by atoms with E-state index in [1.165, 1.54) is 29.2 Å². The number of Topliss-reactive ketones (excluding diaryl/α,β-unsaturated/α-hetero) is 1. The van der Waals surface area contributed by atoms with E-state index in [4.69, 9.17) is 0 Å². The number of hydrogen-bond acceptors (Lipinski definition) is 3. The van der Waals surface area contributed by atoms with E-state index in [2.05, 4.69) is 0 Å². The molecule has 4 aromatic rings. The molecule has 0 spiro atoms. The molecule has 1 fully saturated rings. The van der Waals surface area contributed by atoms with Crippen LogP contribution in [-0.2, 0) is 9.59 Å². The van der Waals surface area contributed by atoms with Crippen molar-refractivity contribution < 1.29 is 19.1 Å². The second-order valence-electron chi connectivity index (χ2n) is 8.03. The van der Waals surface area contributed by atoms with Gasteiger partial charge in [0, 0.05) is 11.3 Å². The lowest BCUT2D eigenvalue weighted by Crippen LogP contribution is -2.29. The summed E-state index contributed by atoms with van der Waals surface area (Å²) in [5, 5.41) is 13.1. The summed E-state index contributed by atoms with van der Waals surface area (Å²) >= 11 is 0. The molecule has 5 heteroatoms. The maximum absolute atomic E-state index is 13.6. The van der Waals surface area contributed by atoms with Crippen LogP contribution in [0.15, 0.2) is 96.6 Å². The normalized spacial score (nSPS) is 17.6. The Labute approximate surface area is 190 Å². The van der Waals surface area contributed by atoms with Gasteiger partial charge >= 0.3 is 0 Å². The average molecular weight is 437 g/mol. The average Bonchev–Trinajstić information content (AvgIpc) is 3.09. The highest BCUT2D eigenvalue weighted by molar-refractivity contribution is 6.51. The molecule has 1 unspecified atom stereocenters. The van der Waals surface area contributed by atoms with E-state index < -0.39 is 23.5 Å². The van der Waals surface area contributed by atoms with Crippen molar-refractivity contribution >= 4 is 33.9 Å². The van der Waals surface area contributed by atoms with Crippen LogP contribution in [0.1, 0.15) is 22.7 Å². The molecule has 1 amide bonds. The van der Waals surface area contributed by atoms with Gasteiger partial charge in [-0.2, -0.15) is 0 Å². The number of ketones is 1. The minimum absolute atomic E-state index is 0.00924. The summed E-state index contributed by atoms with van der Waals surface area (Å²) in [6.45, 7) is 1.89. The topological polar surface area (TPSA) is 57.6 Å². The molecule has 33 heavy (non-hydrogen) atoms. The first kappa shape index (κ1) is 20.6. The van der Waals surface area contributed by atoms with Crippen molar-refractivity contribution in [3.63, 3.8) is 0 Å². The van der Waals surface area contributed by atoms with E-state index in [1.54, 1.807) is 12.1 Å². The van der Waals surface area contributed by atoms with Gasteiger partial charge in [0.1, 0.15) is 11.6 Å². The summed E-state index contributed by atoms with van der Waals surface area (Å²) in [7, 11) is 0. The number of carbonyl (C=O) groups excluding carboxylic acids is 2. The first-order valence-corrected chi connectivity index (χ1v) is 10.6. The Morgan fingerprint density at radius 2 is 1.52 bits per heavy atom. The molecule has 1 aliphatic rings. The van der Waals surface area contributed by atoms with Gasteiger partial charge in [0.25, 0.3) is 11.7 Å². The van der Waals surface area contributed by atoms with Crippen LogP contribution in [0.3, 0.4) is 0 Å². The van der Waals surface area contributed by atoms with Crippen molar-refractivity contribution in [2.24, 2.45) is 0 Å². The number of hydrogen-bond donors (Lipinski definition) is 1. The summed E-state index contributed by atoms with van der Waals surface area (Å²) in [5.74, 6) is -2.23. The molecule has 0 saturated carbocycles. The Hall–Kier alpha value is -4.25. The van der Waals surface area contributed by atoms with E-state index in [0.29, 0.717) is 16.8 Å². The number of amides is 1. The largest absolute Gasteiger partial charge is 0.507 e. The lowest BCUT2D eigenvalue weighted by Gasteiger charge is -2.26. The Morgan fingerprint density at radius 3 is 2.27 bits per heavy atom. The number of aliphatic hydroxyl groups is 1. The highest BCUT2D eigenvalue weighted by atomic mass is 19.1. The summed E-state index contributed by atoms with van der Waals surface area (Å²) in [5.41, 5.74) is 2.44. The van der Waals surface area contributed by atoms with Gasteiger partial charge in [-0.1, -0.05) is 66.7 Å². The van der Waals surface area contributed by atoms with Gasteiger partial charge < -0.3 is 5.11 Å². The highest BCUT2D eigenvalue weighted by Gasteiger charge is 2.47. The van der Waals surface area contributed by atoms with Crippen LogP contribution in [0.4, 0.5) is 10.1 Å². The van der Waals surface area contributed by atoms with Gasteiger partial charge in [-0.25, -0.2) is 4.39 Å². The van der Waals surface area contributed by atoms with Crippen LogP contribution in [0.25, 0.3) is 16.5 Å². The quantitative estimate of drug-likeness (QED) is 0.246. The predicted molar refractivity (Wildman–Crippen MR) is 126 cm³/mol. The Morgan fingerprint density at radius 1 is 0.848 bits per heavy atom. The molecule has 1 aliphatic heterocycles. The first-order valence-electron chi connectivity index (χ1n) is 10.6. The number of fused-ring (bicyclic) bond motifs is 1. The van der Waals surface area contributed by atoms with Gasteiger partial charge in [-0.15, -0.1) is 0 Å². The third kappa shape index (κ3) is 3.38. The van der Waals surface area contributed by atoms with Crippen LogP contribution < -0.4 is 4.90 Å². The molecule has 0 radical (unpaired) electrons. The number of rotatable bonds is 3. The van der Waals surface area contributed by atoms with Crippen molar-refractivity contribution in [2.45, 2.75) is 13.0 Å². The summed E-state index contributed by atoms with van der Waals surface area (Å²) in [4.78, 5) is 27.9. The molecule has 0 aromatic heterocycles. The molecule has 1 saturated heterocycles. The van der Waals surface area contributed by atoms with Gasteiger partial charge in [0.2, 0.25) is 0 Å². The number of nitrogens with zero attached hydrogens (tertiary/aromatic N) is 1. The number of benzene rings is 4. The number of aliphatic hydroxyl groups excluding tert-OH is 1. The minimum Gasteiger partial charge on any atom is -0.507 e. The maximum atomic E-state index is 13.6. The monoisotopic (exact) mass is 437 g/mol. The van der Waals surface area contributed by atoms with Gasteiger partial charge in [-0.05, 0) is 53.1 Å². The molecule has 1 atom stereocenters. The molecule has 4 aromatic carbocycles. The van der Waals surface area contributed by atoms with E-state index in [0.717, 1.165) is 16.3 Å². The van der Waals surface area contributed by atoms with Crippen molar-refractivity contribution in [1.29, 1.82) is 0 Å². The molecular weight excluding hydrogens is 417 g/mol. The van der Waals surface area contributed by atoms with E-state index in [1.807, 2.05) is 61.5 Å². The minimum atomic E-state index is -0.851. The van der Waals surface area contributed by atoms with Crippen LogP contribution in [0.2, 0.25) is 0 Å². The van der Waals surface area contributed by atoms with Crippen LogP contribution in [-0.4, -0.2) is 16.8 Å². The van der Waals surface area contributed by atoms with Crippen LogP contribution in [0, 0.1) is 12.7 Å². The zero-order chi connectivity index (χ0) is 23.1. The van der Waals surface area contributed by atoms with Crippen molar-refractivity contribution in [3.8, 4) is 0 Å². The van der Waals surface area contributed by atoms with Crippen molar-refractivity contribution in [3.05, 3.63) is 119 Å². The Balaban J connectivity index is 1.79. The van der Waals surface area contributed by atoms with Crippen molar-refractivity contribution in [2.75, 3.05) is 4.90 Å². The molecule has 0 bridgehead atoms. The highest BCUT2D eigenvalue weighted by Crippen LogP contribution is 2.43. The lowest BCUT2D eigenvalue weighted by molar-refractivity contribution is -0.132. The molecule has 5 rings (SSSR count). The fourth-order valence-electron chi connectivity index (χ4n) is 4.47. The Kier molecular flexibility index (Phi) is 5.02. The number of halogens is 1. The molecule has 1 heterocycles.